The van der Waals surface area contributed by atoms with E-state index in [1.165, 1.54) is 18.3 Å². The second-order valence-corrected chi connectivity index (χ2v) is 5.22. The van der Waals surface area contributed by atoms with Crippen molar-refractivity contribution >= 4 is 11.9 Å². The second kappa shape index (κ2) is 7.35. The highest BCUT2D eigenvalue weighted by atomic mass is 16.5. The topological polar surface area (TPSA) is 112 Å². The molecule has 0 aliphatic heterocycles. The number of aromatic nitrogens is 1. The third kappa shape index (κ3) is 3.78. The smallest absolute Gasteiger partial charge is 0.340 e. The average Bonchev–Trinajstić information content (AvgIpc) is 2.62. The van der Waals surface area contributed by atoms with Gasteiger partial charge in [-0.05, 0) is 30.3 Å². The van der Waals surface area contributed by atoms with Gasteiger partial charge in [-0.1, -0.05) is 18.2 Å². The van der Waals surface area contributed by atoms with Crippen LogP contribution in [0.3, 0.4) is 0 Å². The van der Waals surface area contributed by atoms with E-state index in [1.807, 2.05) is 0 Å². The maximum Gasteiger partial charge on any atom is 0.340 e. The van der Waals surface area contributed by atoms with E-state index < -0.39 is 11.9 Å². The van der Waals surface area contributed by atoms with Gasteiger partial charge in [0.1, 0.15) is 28.6 Å². The monoisotopic (exact) mass is 350 g/mol. The molecule has 130 valence electrons. The molecule has 0 unspecified atom stereocenters. The molecule has 0 atom stereocenters. The predicted molar refractivity (Wildman–Crippen MR) is 92.7 cm³/mol. The zero-order valence-electron chi connectivity index (χ0n) is 13.5. The number of carbonyl (C=O) groups excluding carboxylic acids is 1. The predicted octanol–water partition coefficient (Wildman–Crippen LogP) is 3.46. The van der Waals surface area contributed by atoms with Gasteiger partial charge >= 0.3 is 5.97 Å². The second-order valence-electron chi connectivity index (χ2n) is 5.22. The van der Waals surface area contributed by atoms with Crippen molar-refractivity contribution in [2.75, 3.05) is 0 Å². The van der Waals surface area contributed by atoms with Crippen molar-refractivity contribution in [3.8, 4) is 23.0 Å². The number of rotatable bonds is 6. The molecule has 2 aromatic carbocycles. The highest BCUT2D eigenvalue weighted by Crippen LogP contribution is 2.34. The van der Waals surface area contributed by atoms with Crippen LogP contribution in [-0.4, -0.2) is 22.0 Å². The molecule has 0 aliphatic rings. The summed E-state index contributed by atoms with van der Waals surface area (Å²) in [5.41, 5.74) is 4.80. The van der Waals surface area contributed by atoms with Gasteiger partial charge in [-0.15, -0.1) is 0 Å². The third-order valence-electron chi connectivity index (χ3n) is 3.40. The normalized spacial score (nSPS) is 10.2. The number of hydrogen-bond donors (Lipinski definition) is 2. The van der Waals surface area contributed by atoms with Gasteiger partial charge in [0.15, 0.2) is 0 Å². The largest absolute Gasteiger partial charge is 0.478 e. The number of aromatic carboxylic acids is 1. The van der Waals surface area contributed by atoms with Crippen molar-refractivity contribution < 1.29 is 24.2 Å². The molecule has 0 bridgehead atoms. The van der Waals surface area contributed by atoms with E-state index in [9.17, 15) is 14.7 Å². The molecule has 3 N–H and O–H groups in total. The van der Waals surface area contributed by atoms with Crippen molar-refractivity contribution in [2.24, 2.45) is 5.73 Å². The number of hydrogen-bond acceptors (Lipinski definition) is 5. The fourth-order valence-electron chi connectivity index (χ4n) is 2.30. The molecule has 3 aromatic rings. The lowest BCUT2D eigenvalue weighted by Crippen LogP contribution is -2.17. The maximum atomic E-state index is 11.8. The molecule has 7 nitrogen and oxygen atoms in total. The Labute approximate surface area is 148 Å². The molecule has 26 heavy (non-hydrogen) atoms. The van der Waals surface area contributed by atoms with Crippen LogP contribution < -0.4 is 15.2 Å². The average molecular weight is 350 g/mol. The van der Waals surface area contributed by atoms with Crippen LogP contribution in [-0.2, 0) is 0 Å². The molecule has 0 saturated carbocycles. The van der Waals surface area contributed by atoms with Gasteiger partial charge < -0.3 is 20.3 Å². The van der Waals surface area contributed by atoms with Gasteiger partial charge in [-0.25, -0.2) is 4.79 Å². The van der Waals surface area contributed by atoms with Crippen molar-refractivity contribution in [2.45, 2.75) is 0 Å². The number of pyridine rings is 1. The van der Waals surface area contributed by atoms with Crippen LogP contribution in [0.4, 0.5) is 0 Å². The first kappa shape index (κ1) is 17.0. The van der Waals surface area contributed by atoms with E-state index in [-0.39, 0.29) is 22.6 Å². The van der Waals surface area contributed by atoms with E-state index in [2.05, 4.69) is 4.98 Å². The summed E-state index contributed by atoms with van der Waals surface area (Å²) in [6.07, 6.45) is 3.06. The molecule has 1 amide bonds. The first-order chi connectivity index (χ1) is 12.5. The SMILES string of the molecule is NC(=O)c1cc(Oc2cccnc2)cc(Oc2ccccc2)c1C(=O)O. The molecule has 0 saturated heterocycles. The van der Waals surface area contributed by atoms with Gasteiger partial charge in [-0.3, -0.25) is 9.78 Å². The molecule has 0 radical (unpaired) electrons. The van der Waals surface area contributed by atoms with Crippen LogP contribution in [0.5, 0.6) is 23.0 Å². The van der Waals surface area contributed by atoms with Crippen molar-refractivity contribution in [3.63, 3.8) is 0 Å². The maximum absolute atomic E-state index is 11.8. The molecule has 0 fully saturated rings. The van der Waals surface area contributed by atoms with Crippen molar-refractivity contribution in [1.29, 1.82) is 0 Å². The molecule has 1 aromatic heterocycles. The fourth-order valence-corrected chi connectivity index (χ4v) is 2.30. The summed E-state index contributed by atoms with van der Waals surface area (Å²) in [5, 5.41) is 9.52. The molecular weight excluding hydrogens is 336 g/mol. The quantitative estimate of drug-likeness (QED) is 0.704. The van der Waals surface area contributed by atoms with Crippen LogP contribution >= 0.6 is 0 Å². The Bertz CT molecular complexity index is 943. The van der Waals surface area contributed by atoms with Crippen LogP contribution in [0, 0.1) is 0 Å². The number of para-hydroxylation sites is 1. The summed E-state index contributed by atoms with van der Waals surface area (Å²) in [4.78, 5) is 27.4. The zero-order chi connectivity index (χ0) is 18.5. The van der Waals surface area contributed by atoms with Crippen LogP contribution in [0.1, 0.15) is 20.7 Å². The van der Waals surface area contributed by atoms with Crippen LogP contribution in [0.2, 0.25) is 0 Å². The van der Waals surface area contributed by atoms with Crippen molar-refractivity contribution in [3.05, 3.63) is 78.1 Å². The number of carboxylic acids is 1. The number of benzene rings is 2. The van der Waals surface area contributed by atoms with Gasteiger partial charge in [0.2, 0.25) is 5.91 Å². The molecule has 3 rings (SSSR count). The van der Waals surface area contributed by atoms with Gasteiger partial charge in [-0.2, -0.15) is 0 Å². The molecular formula is C19H14N2O5. The molecule has 0 aliphatic carbocycles. The van der Waals surface area contributed by atoms with E-state index >= 15 is 0 Å². The van der Waals surface area contributed by atoms with E-state index in [4.69, 9.17) is 15.2 Å². The minimum atomic E-state index is -1.34. The Morgan fingerprint density at radius 1 is 0.923 bits per heavy atom. The summed E-state index contributed by atoms with van der Waals surface area (Å²) < 4.78 is 11.3. The Morgan fingerprint density at radius 3 is 2.27 bits per heavy atom. The fraction of sp³-hybridized carbons (Fsp3) is 0. The number of primary amides is 1. The molecule has 7 heteroatoms. The Hall–Kier alpha value is -3.87. The minimum Gasteiger partial charge on any atom is -0.478 e. The van der Waals surface area contributed by atoms with Gasteiger partial charge in [0, 0.05) is 12.3 Å². The summed E-state index contributed by atoms with van der Waals surface area (Å²) in [6, 6.07) is 14.6. The Balaban J connectivity index is 2.09. The first-order valence-electron chi connectivity index (χ1n) is 7.56. The molecule has 1 heterocycles. The number of carbonyl (C=O) groups is 2. The zero-order valence-corrected chi connectivity index (χ0v) is 13.5. The number of carboxylic acid groups (broad SMARTS) is 1. The van der Waals surface area contributed by atoms with Crippen LogP contribution in [0.25, 0.3) is 0 Å². The number of amides is 1. The first-order valence-corrected chi connectivity index (χ1v) is 7.56. The summed E-state index contributed by atoms with van der Waals surface area (Å²) in [6.45, 7) is 0. The molecule has 0 spiro atoms. The minimum absolute atomic E-state index is 0.0566. The third-order valence-corrected chi connectivity index (χ3v) is 3.40. The van der Waals surface area contributed by atoms with Crippen LogP contribution in [0.15, 0.2) is 67.0 Å². The van der Waals surface area contributed by atoms with Crippen molar-refractivity contribution in [1.82, 2.24) is 4.98 Å². The number of nitrogens with two attached hydrogens (primary N) is 1. The Kier molecular flexibility index (Phi) is 4.80. The summed E-state index contributed by atoms with van der Waals surface area (Å²) in [7, 11) is 0. The van der Waals surface area contributed by atoms with Gasteiger partial charge in [0.25, 0.3) is 0 Å². The lowest BCUT2D eigenvalue weighted by Gasteiger charge is -2.14. The highest BCUT2D eigenvalue weighted by Gasteiger charge is 2.23. The van der Waals surface area contributed by atoms with Gasteiger partial charge in [0.05, 0.1) is 11.8 Å². The summed E-state index contributed by atoms with van der Waals surface area (Å²) in [5.74, 6) is -1.28. The van der Waals surface area contributed by atoms with E-state index in [0.29, 0.717) is 11.5 Å². The Morgan fingerprint density at radius 2 is 1.65 bits per heavy atom. The van der Waals surface area contributed by atoms with E-state index in [0.717, 1.165) is 0 Å². The standard InChI is InChI=1S/C19H14N2O5/c20-18(22)15-9-14(25-13-7-4-8-21-11-13)10-16(17(15)19(23)24)26-12-5-2-1-3-6-12/h1-11H,(H2,20,22)(H,23,24). The lowest BCUT2D eigenvalue weighted by atomic mass is 10.0. The number of ether oxygens (including phenoxy) is 2. The summed E-state index contributed by atoms with van der Waals surface area (Å²) >= 11 is 0. The lowest BCUT2D eigenvalue weighted by molar-refractivity contribution is 0.0689. The van der Waals surface area contributed by atoms with E-state index in [1.54, 1.807) is 48.7 Å². The highest BCUT2D eigenvalue weighted by molar-refractivity contribution is 6.06. The number of nitrogens with zero attached hydrogens (tertiary/aromatic N) is 1.